The molecule has 2 nitrogen and oxygen atoms in total. The quantitative estimate of drug-likeness (QED) is 0.620. The summed E-state index contributed by atoms with van der Waals surface area (Å²) in [5.41, 5.74) is 0.417. The van der Waals surface area contributed by atoms with Gasteiger partial charge in [-0.15, -0.1) is 18.2 Å². The number of terminal acetylenes is 1. The molecule has 1 unspecified atom stereocenters. The van der Waals surface area contributed by atoms with E-state index < -0.39 is 0 Å². The highest BCUT2D eigenvalue weighted by Gasteiger charge is 2.40. The van der Waals surface area contributed by atoms with Crippen molar-refractivity contribution in [1.82, 2.24) is 10.2 Å². The van der Waals surface area contributed by atoms with Crippen LogP contribution in [0.5, 0.6) is 0 Å². The highest BCUT2D eigenvalue weighted by molar-refractivity contribution is 7.99. The Morgan fingerprint density at radius 3 is 2.75 bits per heavy atom. The lowest BCUT2D eigenvalue weighted by molar-refractivity contribution is 0.0413. The zero-order valence-corrected chi connectivity index (χ0v) is 14.0. The summed E-state index contributed by atoms with van der Waals surface area (Å²) in [6.07, 6.45) is 12.3. The summed E-state index contributed by atoms with van der Waals surface area (Å²) >= 11 is 1.90. The van der Waals surface area contributed by atoms with Gasteiger partial charge in [0.15, 0.2) is 0 Å². The Morgan fingerprint density at radius 2 is 2.10 bits per heavy atom. The van der Waals surface area contributed by atoms with Gasteiger partial charge < -0.3 is 5.32 Å². The van der Waals surface area contributed by atoms with Crippen molar-refractivity contribution in [3.8, 4) is 12.3 Å². The van der Waals surface area contributed by atoms with Crippen LogP contribution in [0.4, 0.5) is 0 Å². The van der Waals surface area contributed by atoms with Crippen molar-refractivity contribution in [1.29, 1.82) is 0 Å². The minimum atomic E-state index is 0.417. The van der Waals surface area contributed by atoms with E-state index in [0.29, 0.717) is 11.6 Å². The molecule has 1 aliphatic carbocycles. The van der Waals surface area contributed by atoms with Gasteiger partial charge in [-0.2, -0.15) is 0 Å². The molecule has 0 bridgehead atoms. The van der Waals surface area contributed by atoms with Crippen molar-refractivity contribution in [3.05, 3.63) is 0 Å². The van der Waals surface area contributed by atoms with Gasteiger partial charge in [0.25, 0.3) is 0 Å². The molecule has 1 aliphatic heterocycles. The van der Waals surface area contributed by atoms with E-state index in [1.807, 2.05) is 11.8 Å². The van der Waals surface area contributed by atoms with Crippen LogP contribution in [0.2, 0.25) is 0 Å². The van der Waals surface area contributed by atoms with E-state index >= 15 is 0 Å². The third kappa shape index (κ3) is 4.16. The minimum absolute atomic E-state index is 0.417. The van der Waals surface area contributed by atoms with Crippen LogP contribution in [0.15, 0.2) is 0 Å². The van der Waals surface area contributed by atoms with E-state index in [-0.39, 0.29) is 0 Å². The van der Waals surface area contributed by atoms with Crippen molar-refractivity contribution < 1.29 is 0 Å². The number of hydrogen-bond acceptors (Lipinski definition) is 3. The lowest BCUT2D eigenvalue weighted by atomic mass is 9.78. The lowest BCUT2D eigenvalue weighted by Gasteiger charge is -2.51. The molecule has 1 heterocycles. The first-order chi connectivity index (χ1) is 9.67. The summed E-state index contributed by atoms with van der Waals surface area (Å²) in [6, 6.07) is 0.689. The van der Waals surface area contributed by atoms with E-state index in [1.165, 1.54) is 50.9 Å². The number of piperazine rings is 1. The van der Waals surface area contributed by atoms with Crippen LogP contribution in [0.25, 0.3) is 0 Å². The van der Waals surface area contributed by atoms with E-state index in [4.69, 9.17) is 6.42 Å². The molecule has 114 valence electrons. The number of thioether (sulfide) groups is 1. The number of rotatable bonds is 5. The molecule has 3 heteroatoms. The van der Waals surface area contributed by atoms with E-state index in [0.717, 1.165) is 18.2 Å². The van der Waals surface area contributed by atoms with Gasteiger partial charge in [0.05, 0.1) is 5.75 Å². The average molecular weight is 295 g/mol. The fraction of sp³-hybridized carbons (Fsp3) is 0.882. The van der Waals surface area contributed by atoms with Gasteiger partial charge in [-0.1, -0.05) is 39.0 Å². The van der Waals surface area contributed by atoms with Crippen molar-refractivity contribution >= 4 is 11.8 Å². The molecule has 1 atom stereocenters. The normalized spacial score (nSPS) is 26.8. The second-order valence-corrected chi connectivity index (χ2v) is 7.87. The molecule has 2 fully saturated rings. The third-order valence-corrected chi connectivity index (χ3v) is 5.79. The maximum atomic E-state index is 5.34. The standard InChI is InChI=1S/C17H30N2S/c1-4-11-20-12-10-19-14-17(8-6-5-7-9-17)18-13-16(19)15(2)3/h1,15-16,18H,5-14H2,2-3H3. The van der Waals surface area contributed by atoms with Crippen molar-refractivity contribution in [2.75, 3.05) is 31.1 Å². The summed E-state index contributed by atoms with van der Waals surface area (Å²) < 4.78 is 0. The Kier molecular flexibility index (Phi) is 6.26. The van der Waals surface area contributed by atoms with Crippen LogP contribution in [0.3, 0.4) is 0 Å². The van der Waals surface area contributed by atoms with Gasteiger partial charge >= 0.3 is 0 Å². The Hall–Kier alpha value is -0.170. The van der Waals surface area contributed by atoms with E-state index in [1.54, 1.807) is 0 Å². The van der Waals surface area contributed by atoms with E-state index in [2.05, 4.69) is 30.0 Å². The average Bonchev–Trinajstić information content (AvgIpc) is 2.44. The van der Waals surface area contributed by atoms with Gasteiger partial charge in [0, 0.05) is 37.0 Å². The molecular weight excluding hydrogens is 264 g/mol. The molecule has 0 amide bonds. The zero-order chi connectivity index (χ0) is 14.4. The van der Waals surface area contributed by atoms with Crippen LogP contribution in [-0.4, -0.2) is 47.6 Å². The van der Waals surface area contributed by atoms with Crippen LogP contribution >= 0.6 is 11.8 Å². The fourth-order valence-corrected chi connectivity index (χ4v) is 4.42. The van der Waals surface area contributed by atoms with Crippen molar-refractivity contribution in [2.24, 2.45) is 5.92 Å². The lowest BCUT2D eigenvalue weighted by Crippen LogP contribution is -2.66. The summed E-state index contributed by atoms with van der Waals surface area (Å²) in [4.78, 5) is 2.75. The number of hydrogen-bond donors (Lipinski definition) is 1. The van der Waals surface area contributed by atoms with Gasteiger partial charge in [-0.05, 0) is 18.8 Å². The molecule has 20 heavy (non-hydrogen) atoms. The largest absolute Gasteiger partial charge is 0.308 e. The summed E-state index contributed by atoms with van der Waals surface area (Å²) in [6.45, 7) is 8.31. The van der Waals surface area contributed by atoms with Crippen LogP contribution in [-0.2, 0) is 0 Å². The molecule has 2 rings (SSSR count). The van der Waals surface area contributed by atoms with E-state index in [9.17, 15) is 0 Å². The van der Waals surface area contributed by atoms with Crippen LogP contribution < -0.4 is 5.32 Å². The van der Waals surface area contributed by atoms with Crippen molar-refractivity contribution in [3.63, 3.8) is 0 Å². The maximum Gasteiger partial charge on any atom is 0.0545 e. The SMILES string of the molecule is C#CCSCCN1CC2(CCCCC2)NCC1C(C)C. The Bertz CT molecular complexity index is 328. The monoisotopic (exact) mass is 294 g/mol. The molecule has 0 aromatic carbocycles. The van der Waals surface area contributed by atoms with Crippen molar-refractivity contribution in [2.45, 2.75) is 57.5 Å². The number of nitrogens with one attached hydrogen (secondary N) is 1. The number of nitrogens with zero attached hydrogens (tertiary/aromatic N) is 1. The predicted molar refractivity (Wildman–Crippen MR) is 90.2 cm³/mol. The highest BCUT2D eigenvalue weighted by Crippen LogP contribution is 2.33. The topological polar surface area (TPSA) is 15.3 Å². The smallest absolute Gasteiger partial charge is 0.0545 e. The van der Waals surface area contributed by atoms with Crippen LogP contribution in [0, 0.1) is 18.3 Å². The van der Waals surface area contributed by atoms with Crippen LogP contribution in [0.1, 0.15) is 46.0 Å². The summed E-state index contributed by atoms with van der Waals surface area (Å²) in [5.74, 6) is 5.47. The molecule has 0 radical (unpaired) electrons. The third-order valence-electron chi connectivity index (χ3n) is 4.95. The Balaban J connectivity index is 1.92. The van der Waals surface area contributed by atoms with Gasteiger partial charge in [0.1, 0.15) is 0 Å². The molecule has 2 aliphatic rings. The van der Waals surface area contributed by atoms with Gasteiger partial charge in [-0.25, -0.2) is 0 Å². The molecule has 1 spiro atoms. The molecule has 1 saturated heterocycles. The molecule has 1 saturated carbocycles. The molecule has 0 aromatic heterocycles. The predicted octanol–water partition coefficient (Wildman–Crippen LogP) is 2.99. The molecule has 0 aromatic rings. The minimum Gasteiger partial charge on any atom is -0.308 e. The summed E-state index contributed by atoms with van der Waals surface area (Å²) in [5, 5.41) is 3.92. The Labute approximate surface area is 129 Å². The molecular formula is C17H30N2S. The fourth-order valence-electron chi connectivity index (χ4n) is 3.79. The second kappa shape index (κ2) is 7.73. The maximum absolute atomic E-state index is 5.34. The highest BCUT2D eigenvalue weighted by atomic mass is 32.2. The first kappa shape index (κ1) is 16.2. The first-order valence-corrected chi connectivity index (χ1v) is 9.33. The first-order valence-electron chi connectivity index (χ1n) is 8.17. The summed E-state index contributed by atoms with van der Waals surface area (Å²) in [7, 11) is 0. The second-order valence-electron chi connectivity index (χ2n) is 6.76. The van der Waals surface area contributed by atoms with Gasteiger partial charge in [0.2, 0.25) is 0 Å². The molecule has 1 N–H and O–H groups in total. The van der Waals surface area contributed by atoms with Gasteiger partial charge in [-0.3, -0.25) is 4.90 Å². The Morgan fingerprint density at radius 1 is 1.35 bits per heavy atom. The zero-order valence-electron chi connectivity index (χ0n) is 13.2.